The zero-order valence-electron chi connectivity index (χ0n) is 15.0. The summed E-state index contributed by atoms with van der Waals surface area (Å²) in [7, 11) is 0.899. The number of nitrogens with zero attached hydrogens (tertiary/aromatic N) is 2. The summed E-state index contributed by atoms with van der Waals surface area (Å²) in [5, 5.41) is 0. The lowest BCUT2D eigenvalue weighted by atomic mass is 9.99. The number of ether oxygens (including phenoxy) is 1. The number of carbonyl (C=O) groups is 1. The molecule has 166 valence electrons. The molecule has 0 aromatic heterocycles. The summed E-state index contributed by atoms with van der Waals surface area (Å²) in [5.41, 5.74) is 0. The van der Waals surface area contributed by atoms with Gasteiger partial charge in [-0.25, -0.2) is 0 Å². The van der Waals surface area contributed by atoms with Crippen molar-refractivity contribution in [1.82, 2.24) is 9.80 Å². The van der Waals surface area contributed by atoms with Crippen LogP contribution < -0.4 is 0 Å². The molecule has 1 heterocycles. The maximum atomic E-state index is 13.9. The summed E-state index contributed by atoms with van der Waals surface area (Å²) in [6, 6.07) is 0. The van der Waals surface area contributed by atoms with Crippen molar-refractivity contribution in [3.63, 3.8) is 0 Å². The third-order valence-electron chi connectivity index (χ3n) is 4.22. The Hall–Kier alpha value is -1.24. The van der Waals surface area contributed by atoms with E-state index in [0.717, 1.165) is 7.05 Å². The summed E-state index contributed by atoms with van der Waals surface area (Å²) in [6.07, 6.45) is -12.7. The fourth-order valence-electron chi connectivity index (χ4n) is 2.46. The lowest BCUT2D eigenvalue weighted by Crippen LogP contribution is -2.51. The molecule has 0 atom stereocenters. The molecule has 28 heavy (non-hydrogen) atoms. The van der Waals surface area contributed by atoms with Crippen molar-refractivity contribution in [3.05, 3.63) is 0 Å². The number of rotatable bonds is 9. The van der Waals surface area contributed by atoms with Crippen LogP contribution in [-0.4, -0.2) is 86.1 Å². The van der Waals surface area contributed by atoms with E-state index < -0.39 is 49.1 Å². The zero-order valence-corrected chi connectivity index (χ0v) is 15.0. The van der Waals surface area contributed by atoms with Gasteiger partial charge in [0.15, 0.2) is 0 Å². The molecular weight excluding hydrogens is 411 g/mol. The minimum atomic E-state index is -5.50. The van der Waals surface area contributed by atoms with Gasteiger partial charge < -0.3 is 9.64 Å². The average Bonchev–Trinajstić information content (AvgIpc) is 2.56. The summed E-state index contributed by atoms with van der Waals surface area (Å²) in [4.78, 5) is 13.9. The van der Waals surface area contributed by atoms with Gasteiger partial charge in [-0.1, -0.05) is 0 Å². The van der Waals surface area contributed by atoms with Crippen molar-refractivity contribution >= 4 is 5.91 Å². The van der Waals surface area contributed by atoms with E-state index in [9.17, 15) is 44.3 Å². The first-order valence-corrected chi connectivity index (χ1v) is 8.33. The molecule has 1 rings (SSSR count). The van der Waals surface area contributed by atoms with Crippen LogP contribution in [0.5, 0.6) is 0 Å². The third-order valence-corrected chi connectivity index (χ3v) is 4.22. The molecule has 0 aliphatic carbocycles. The van der Waals surface area contributed by atoms with Crippen LogP contribution in [0, 0.1) is 0 Å². The van der Waals surface area contributed by atoms with Gasteiger partial charge in [-0.3, -0.25) is 9.69 Å². The van der Waals surface area contributed by atoms with Crippen LogP contribution >= 0.6 is 0 Å². The van der Waals surface area contributed by atoms with Gasteiger partial charge in [0.25, 0.3) is 5.91 Å². The van der Waals surface area contributed by atoms with Gasteiger partial charge in [0, 0.05) is 46.1 Å². The predicted octanol–water partition coefficient (Wildman–Crippen LogP) is 3.42. The minimum Gasteiger partial charge on any atom is -0.379 e. The minimum absolute atomic E-state index is 0.139. The standard InChI is InChI=1S/C15H21F9N2O2/c1-25(4-5-26-6-8-28-9-7-26)11(27)12(16,17)10-14(20,21)13(18,19)2-3-15(22,23)24/h2-10H2,1H3. The Labute approximate surface area is 155 Å². The van der Waals surface area contributed by atoms with E-state index in [1.165, 1.54) is 0 Å². The third kappa shape index (κ3) is 7.30. The highest BCUT2D eigenvalue weighted by Gasteiger charge is 2.62. The first-order valence-electron chi connectivity index (χ1n) is 8.33. The van der Waals surface area contributed by atoms with E-state index in [1.807, 2.05) is 0 Å². The van der Waals surface area contributed by atoms with Crippen LogP contribution in [0.1, 0.15) is 19.3 Å². The summed E-state index contributed by atoms with van der Waals surface area (Å²) in [5.74, 6) is -17.8. The van der Waals surface area contributed by atoms with Crippen molar-refractivity contribution in [2.75, 3.05) is 46.4 Å². The Balaban J connectivity index is 2.68. The maximum absolute atomic E-state index is 13.9. The molecule has 1 fully saturated rings. The number of halogens is 9. The number of hydrogen-bond donors (Lipinski definition) is 0. The Morgan fingerprint density at radius 2 is 1.46 bits per heavy atom. The van der Waals surface area contributed by atoms with Crippen molar-refractivity contribution in [3.8, 4) is 0 Å². The Morgan fingerprint density at radius 1 is 0.929 bits per heavy atom. The zero-order chi connectivity index (χ0) is 21.8. The number of carbonyl (C=O) groups excluding carboxylic acids is 1. The second kappa shape index (κ2) is 9.06. The number of likely N-dealkylation sites (N-methyl/N-ethyl adjacent to an activating group) is 1. The number of alkyl halides is 9. The molecule has 1 aliphatic rings. The molecule has 0 aromatic rings. The van der Waals surface area contributed by atoms with Gasteiger partial charge in [-0.15, -0.1) is 0 Å². The Kier molecular flexibility index (Phi) is 8.02. The van der Waals surface area contributed by atoms with Crippen molar-refractivity contribution in [2.24, 2.45) is 0 Å². The first kappa shape index (κ1) is 24.8. The monoisotopic (exact) mass is 432 g/mol. The summed E-state index contributed by atoms with van der Waals surface area (Å²) in [6.45, 7) is 1.61. The molecule has 0 unspecified atom stereocenters. The highest BCUT2D eigenvalue weighted by atomic mass is 19.4. The number of amides is 1. The van der Waals surface area contributed by atoms with Gasteiger partial charge in [-0.2, -0.15) is 39.5 Å². The molecular formula is C15H21F9N2O2. The normalized spacial score (nSPS) is 17.6. The molecule has 0 bridgehead atoms. The van der Waals surface area contributed by atoms with E-state index >= 15 is 0 Å². The highest BCUT2D eigenvalue weighted by Crippen LogP contribution is 2.46. The maximum Gasteiger partial charge on any atom is 0.389 e. The topological polar surface area (TPSA) is 32.8 Å². The number of hydrogen-bond acceptors (Lipinski definition) is 3. The van der Waals surface area contributed by atoms with Crippen molar-refractivity contribution in [2.45, 2.75) is 43.2 Å². The Morgan fingerprint density at radius 3 is 1.96 bits per heavy atom. The molecule has 0 radical (unpaired) electrons. The molecule has 0 saturated carbocycles. The van der Waals surface area contributed by atoms with Gasteiger partial charge >= 0.3 is 23.9 Å². The quantitative estimate of drug-likeness (QED) is 0.524. The van der Waals surface area contributed by atoms with Gasteiger partial charge in [-0.05, 0) is 0 Å². The van der Waals surface area contributed by atoms with E-state index in [-0.39, 0.29) is 13.1 Å². The van der Waals surface area contributed by atoms with Crippen LogP contribution in [-0.2, 0) is 9.53 Å². The molecule has 0 aromatic carbocycles. The molecule has 0 spiro atoms. The molecule has 4 nitrogen and oxygen atoms in total. The van der Waals surface area contributed by atoms with Gasteiger partial charge in [0.1, 0.15) is 0 Å². The van der Waals surface area contributed by atoms with Crippen LogP contribution in [0.3, 0.4) is 0 Å². The fourth-order valence-corrected chi connectivity index (χ4v) is 2.46. The van der Waals surface area contributed by atoms with E-state index in [2.05, 4.69) is 0 Å². The highest BCUT2D eigenvalue weighted by molar-refractivity contribution is 5.83. The van der Waals surface area contributed by atoms with E-state index in [4.69, 9.17) is 4.74 Å². The lowest BCUT2D eigenvalue weighted by Gasteiger charge is -2.32. The molecule has 1 aliphatic heterocycles. The summed E-state index contributed by atoms with van der Waals surface area (Å²) >= 11 is 0. The first-order chi connectivity index (χ1) is 12.6. The predicted molar refractivity (Wildman–Crippen MR) is 79.6 cm³/mol. The molecule has 13 heteroatoms. The largest absolute Gasteiger partial charge is 0.389 e. The SMILES string of the molecule is CN(CCN1CCOCC1)C(=O)C(F)(F)CC(F)(F)C(F)(F)CCC(F)(F)F. The molecule has 1 saturated heterocycles. The summed E-state index contributed by atoms with van der Waals surface area (Å²) < 4.78 is 123. The van der Waals surface area contributed by atoms with E-state index in [0.29, 0.717) is 31.2 Å². The van der Waals surface area contributed by atoms with Crippen molar-refractivity contribution in [1.29, 1.82) is 0 Å². The molecule has 0 N–H and O–H groups in total. The molecule has 1 amide bonds. The van der Waals surface area contributed by atoms with Gasteiger partial charge in [0.2, 0.25) is 0 Å². The van der Waals surface area contributed by atoms with Crippen LogP contribution in [0.25, 0.3) is 0 Å². The second-order valence-corrected chi connectivity index (χ2v) is 6.59. The van der Waals surface area contributed by atoms with Crippen LogP contribution in [0.15, 0.2) is 0 Å². The number of morpholine rings is 1. The van der Waals surface area contributed by atoms with Crippen LogP contribution in [0.2, 0.25) is 0 Å². The fraction of sp³-hybridized carbons (Fsp3) is 0.933. The Bertz CT molecular complexity index is 520. The van der Waals surface area contributed by atoms with Crippen LogP contribution in [0.4, 0.5) is 39.5 Å². The van der Waals surface area contributed by atoms with Crippen molar-refractivity contribution < 1.29 is 49.0 Å². The lowest BCUT2D eigenvalue weighted by molar-refractivity contribution is -0.250. The smallest absolute Gasteiger partial charge is 0.379 e. The average molecular weight is 432 g/mol. The van der Waals surface area contributed by atoms with E-state index in [1.54, 1.807) is 4.90 Å². The van der Waals surface area contributed by atoms with Gasteiger partial charge in [0.05, 0.1) is 19.6 Å². The second-order valence-electron chi connectivity index (χ2n) is 6.59.